The molecule has 2 saturated heterocycles. The molecule has 1 saturated carbocycles. The predicted octanol–water partition coefficient (Wildman–Crippen LogP) is -0.675. The first-order valence-electron chi connectivity index (χ1n) is 9.56. The fourth-order valence-electron chi connectivity index (χ4n) is 3.83. The topological polar surface area (TPSA) is 161 Å². The van der Waals surface area contributed by atoms with Gasteiger partial charge in [0.1, 0.15) is 0 Å². The summed E-state index contributed by atoms with van der Waals surface area (Å²) in [5.74, 6) is -10.2. The molecule has 0 unspecified atom stereocenters. The number of hydrogen-bond donors (Lipinski definition) is 0. The number of imide groups is 2. The SMILES string of the molecule is CCCCS(=O)(=O)ON1C(=O)C2C(C1=O)C1C(=O)N(OS(=O)(=O)CCCC)C(=O)C21. The summed E-state index contributed by atoms with van der Waals surface area (Å²) in [6, 6.07) is 0. The first kappa shape index (κ1) is 22.8. The van der Waals surface area contributed by atoms with Crippen LogP contribution in [0.2, 0.25) is 0 Å². The van der Waals surface area contributed by atoms with Crippen molar-refractivity contribution in [3.05, 3.63) is 0 Å². The van der Waals surface area contributed by atoms with Crippen molar-refractivity contribution < 1.29 is 44.6 Å². The molecule has 0 spiro atoms. The lowest BCUT2D eigenvalue weighted by Crippen LogP contribution is -2.50. The number of nitrogens with zero attached hydrogens (tertiary/aromatic N) is 2. The molecule has 0 radical (unpaired) electrons. The van der Waals surface area contributed by atoms with Crippen molar-refractivity contribution in [2.24, 2.45) is 23.7 Å². The van der Waals surface area contributed by atoms with Crippen LogP contribution in [0.15, 0.2) is 0 Å². The van der Waals surface area contributed by atoms with Gasteiger partial charge in [-0.3, -0.25) is 19.2 Å². The third-order valence-electron chi connectivity index (χ3n) is 5.36. The number of hydrogen-bond acceptors (Lipinski definition) is 10. The summed E-state index contributed by atoms with van der Waals surface area (Å²) < 4.78 is 57.0. The average Bonchev–Trinajstić information content (AvgIpc) is 2.94. The number of carbonyl (C=O) groups is 4. The lowest BCUT2D eigenvalue weighted by atomic mass is 9.59. The Morgan fingerprint density at radius 2 is 0.900 bits per heavy atom. The van der Waals surface area contributed by atoms with Crippen LogP contribution in [-0.2, 0) is 48.0 Å². The molecule has 12 nitrogen and oxygen atoms in total. The molecule has 0 aromatic carbocycles. The molecule has 4 amide bonds. The van der Waals surface area contributed by atoms with Gasteiger partial charge in [-0.25, -0.2) is 0 Å². The Labute approximate surface area is 173 Å². The van der Waals surface area contributed by atoms with Crippen molar-refractivity contribution in [2.75, 3.05) is 11.5 Å². The second kappa shape index (κ2) is 7.98. The van der Waals surface area contributed by atoms with Gasteiger partial charge in [-0.2, -0.15) is 16.8 Å². The number of rotatable bonds is 10. The third-order valence-corrected chi connectivity index (χ3v) is 7.69. The van der Waals surface area contributed by atoms with Crippen LogP contribution in [0, 0.1) is 23.7 Å². The van der Waals surface area contributed by atoms with Gasteiger partial charge in [-0.05, 0) is 12.8 Å². The molecule has 3 aliphatic rings. The maximum atomic E-state index is 12.5. The van der Waals surface area contributed by atoms with Gasteiger partial charge in [0.25, 0.3) is 43.9 Å². The van der Waals surface area contributed by atoms with E-state index in [9.17, 15) is 36.0 Å². The standard InChI is InChI=1S/C16H22N2O10S2/c1-3-5-7-29(23,24)27-17-13(19)9-10(14(17)20)12-11(9)15(21)18(16(12)22)28-30(25,26)8-6-4-2/h9-12H,3-8H2,1-2H3. The number of unbranched alkanes of at least 4 members (excludes halogenated alkanes) is 2. The van der Waals surface area contributed by atoms with Crippen LogP contribution in [0.4, 0.5) is 0 Å². The van der Waals surface area contributed by atoms with E-state index in [1.807, 2.05) is 0 Å². The van der Waals surface area contributed by atoms with Gasteiger partial charge in [0.15, 0.2) is 0 Å². The summed E-state index contributed by atoms with van der Waals surface area (Å²) in [4.78, 5) is 50.1. The molecule has 0 aromatic heterocycles. The summed E-state index contributed by atoms with van der Waals surface area (Å²) in [5.41, 5.74) is 0. The van der Waals surface area contributed by atoms with Crippen LogP contribution in [0.1, 0.15) is 39.5 Å². The second-order valence-electron chi connectivity index (χ2n) is 7.42. The summed E-state index contributed by atoms with van der Waals surface area (Å²) >= 11 is 0. The monoisotopic (exact) mass is 466 g/mol. The van der Waals surface area contributed by atoms with Gasteiger partial charge < -0.3 is 0 Å². The van der Waals surface area contributed by atoms with E-state index in [1.54, 1.807) is 13.8 Å². The minimum atomic E-state index is -4.21. The van der Waals surface area contributed by atoms with Crippen LogP contribution < -0.4 is 0 Å². The summed E-state index contributed by atoms with van der Waals surface area (Å²) in [5, 5.41) is 0.199. The fraction of sp³-hybridized carbons (Fsp3) is 0.750. The van der Waals surface area contributed by atoms with E-state index in [0.29, 0.717) is 12.8 Å². The van der Waals surface area contributed by atoms with E-state index in [-0.39, 0.29) is 23.0 Å². The number of amides is 4. The van der Waals surface area contributed by atoms with E-state index in [2.05, 4.69) is 8.57 Å². The molecule has 14 heteroatoms. The first-order chi connectivity index (χ1) is 14.0. The van der Waals surface area contributed by atoms with E-state index in [0.717, 1.165) is 0 Å². The fourth-order valence-corrected chi connectivity index (χ4v) is 6.01. The minimum absolute atomic E-state index is 0.0996. The Balaban J connectivity index is 1.76. The summed E-state index contributed by atoms with van der Waals surface area (Å²) in [7, 11) is -8.41. The Morgan fingerprint density at radius 1 is 0.633 bits per heavy atom. The van der Waals surface area contributed by atoms with Crippen molar-refractivity contribution in [2.45, 2.75) is 39.5 Å². The third kappa shape index (κ3) is 3.76. The molecule has 0 aromatic rings. The van der Waals surface area contributed by atoms with Crippen molar-refractivity contribution in [1.29, 1.82) is 0 Å². The van der Waals surface area contributed by atoms with Gasteiger partial charge in [0, 0.05) is 0 Å². The normalized spacial score (nSPS) is 28.7. The van der Waals surface area contributed by atoms with Crippen LogP contribution in [0.3, 0.4) is 0 Å². The van der Waals surface area contributed by atoms with E-state index in [1.165, 1.54) is 0 Å². The van der Waals surface area contributed by atoms with Crippen LogP contribution >= 0.6 is 0 Å². The first-order valence-corrected chi connectivity index (χ1v) is 12.7. The molecule has 0 atom stereocenters. The van der Waals surface area contributed by atoms with Crippen LogP contribution in [0.5, 0.6) is 0 Å². The van der Waals surface area contributed by atoms with E-state index in [4.69, 9.17) is 0 Å². The molecule has 1 aliphatic carbocycles. The molecule has 0 bridgehead atoms. The quantitative estimate of drug-likeness (QED) is 0.377. The molecule has 2 heterocycles. The molecule has 30 heavy (non-hydrogen) atoms. The Bertz CT molecular complexity index is 861. The maximum Gasteiger partial charge on any atom is 0.288 e. The molecule has 0 N–H and O–H groups in total. The van der Waals surface area contributed by atoms with Crippen LogP contribution in [-0.4, -0.2) is 62.1 Å². The van der Waals surface area contributed by atoms with Crippen molar-refractivity contribution in [3.8, 4) is 0 Å². The van der Waals surface area contributed by atoms with Gasteiger partial charge in [-0.1, -0.05) is 26.7 Å². The van der Waals surface area contributed by atoms with Crippen molar-refractivity contribution in [1.82, 2.24) is 10.1 Å². The molecule has 3 rings (SSSR count). The predicted molar refractivity (Wildman–Crippen MR) is 97.2 cm³/mol. The lowest BCUT2D eigenvalue weighted by Gasteiger charge is -2.35. The molecule has 3 fully saturated rings. The second-order valence-corrected chi connectivity index (χ2v) is 10.8. The number of carbonyl (C=O) groups excluding carboxylic acids is 4. The summed E-state index contributed by atoms with van der Waals surface area (Å²) in [6.45, 7) is 3.49. The zero-order valence-electron chi connectivity index (χ0n) is 16.3. The highest BCUT2D eigenvalue weighted by atomic mass is 32.2. The van der Waals surface area contributed by atoms with Gasteiger partial charge >= 0.3 is 0 Å². The smallest absolute Gasteiger partial charge is 0.272 e. The minimum Gasteiger partial charge on any atom is -0.272 e. The highest BCUT2D eigenvalue weighted by Gasteiger charge is 2.75. The zero-order chi connectivity index (χ0) is 22.4. The lowest BCUT2D eigenvalue weighted by molar-refractivity contribution is -0.169. The Hall–Kier alpha value is -1.90. The summed E-state index contributed by atoms with van der Waals surface area (Å²) in [6.07, 6.45) is 1.60. The highest BCUT2D eigenvalue weighted by Crippen LogP contribution is 2.56. The molecular weight excluding hydrogens is 444 g/mol. The molecular formula is C16H22N2O10S2. The van der Waals surface area contributed by atoms with Crippen molar-refractivity contribution in [3.63, 3.8) is 0 Å². The Morgan fingerprint density at radius 3 is 1.13 bits per heavy atom. The Kier molecular flexibility index (Phi) is 6.06. The number of hydroxylamine groups is 4. The van der Waals surface area contributed by atoms with E-state index < -0.39 is 79.0 Å². The highest BCUT2D eigenvalue weighted by molar-refractivity contribution is 7.86. The number of fused-ring (bicyclic) bond motifs is 4. The van der Waals surface area contributed by atoms with Crippen molar-refractivity contribution >= 4 is 43.9 Å². The maximum absolute atomic E-state index is 12.5. The zero-order valence-corrected chi connectivity index (χ0v) is 18.0. The van der Waals surface area contributed by atoms with Crippen LogP contribution in [0.25, 0.3) is 0 Å². The van der Waals surface area contributed by atoms with Gasteiger partial charge in [-0.15, -0.1) is 18.7 Å². The van der Waals surface area contributed by atoms with Gasteiger partial charge in [0.2, 0.25) is 0 Å². The van der Waals surface area contributed by atoms with E-state index >= 15 is 0 Å². The largest absolute Gasteiger partial charge is 0.288 e. The molecule has 168 valence electrons. The average molecular weight is 466 g/mol. The van der Waals surface area contributed by atoms with Gasteiger partial charge in [0.05, 0.1) is 35.2 Å². The molecule has 2 aliphatic heterocycles.